The van der Waals surface area contributed by atoms with Gasteiger partial charge in [-0.3, -0.25) is 0 Å². The molecular weight excluding hydrogens is 263 g/mol. The molecule has 0 aliphatic carbocycles. The van der Waals surface area contributed by atoms with Gasteiger partial charge in [-0.25, -0.2) is 0 Å². The zero-order valence-electron chi connectivity index (χ0n) is 7.60. The fourth-order valence-corrected chi connectivity index (χ4v) is 1.91. The summed E-state index contributed by atoms with van der Waals surface area (Å²) in [5, 5.41) is 0. The minimum atomic E-state index is 0.191. The van der Waals surface area contributed by atoms with Crippen LogP contribution in [0, 0.1) is 10.5 Å². The van der Waals surface area contributed by atoms with Crippen LogP contribution in [0.4, 0.5) is 0 Å². The molecule has 0 aliphatic rings. The van der Waals surface area contributed by atoms with E-state index in [0.717, 1.165) is 0 Å². The molecule has 2 heteroatoms. The van der Waals surface area contributed by atoms with Gasteiger partial charge in [0.05, 0.1) is 6.10 Å². The third kappa shape index (κ3) is 1.98. The second-order valence-electron chi connectivity index (χ2n) is 2.86. The molecule has 0 radical (unpaired) electrons. The molecule has 1 aromatic rings. The van der Waals surface area contributed by atoms with E-state index in [0.29, 0.717) is 0 Å². The van der Waals surface area contributed by atoms with Gasteiger partial charge in [0.25, 0.3) is 0 Å². The Hall–Kier alpha value is -0.0900. The van der Waals surface area contributed by atoms with E-state index in [1.807, 2.05) is 0 Å². The Bertz CT molecular complexity index is 271. The molecule has 0 fully saturated rings. The molecule has 1 aromatic carbocycles. The summed E-state index contributed by atoms with van der Waals surface area (Å²) in [6.45, 7) is 4.19. The van der Waals surface area contributed by atoms with E-state index >= 15 is 0 Å². The molecule has 0 heterocycles. The second-order valence-corrected chi connectivity index (χ2v) is 3.93. The molecule has 0 saturated heterocycles. The zero-order chi connectivity index (χ0) is 9.14. The number of methoxy groups -OCH3 is 1. The molecule has 12 heavy (non-hydrogen) atoms. The van der Waals surface area contributed by atoms with E-state index in [2.05, 4.69) is 54.6 Å². The highest BCUT2D eigenvalue weighted by atomic mass is 127. The maximum Gasteiger partial charge on any atom is 0.0803 e. The number of hydrogen-bond acceptors (Lipinski definition) is 1. The molecule has 0 aliphatic heterocycles. The van der Waals surface area contributed by atoms with Crippen molar-refractivity contribution in [1.29, 1.82) is 0 Å². The van der Waals surface area contributed by atoms with E-state index in [1.54, 1.807) is 7.11 Å². The maximum absolute atomic E-state index is 5.27. The van der Waals surface area contributed by atoms with Gasteiger partial charge in [0.1, 0.15) is 0 Å². The number of halogens is 1. The van der Waals surface area contributed by atoms with E-state index in [1.165, 1.54) is 14.7 Å². The SMILES string of the molecule is CO[C@@H](C)c1cccc(C)c1I. The van der Waals surface area contributed by atoms with Crippen molar-refractivity contribution >= 4 is 22.6 Å². The number of benzene rings is 1. The number of aryl methyl sites for hydroxylation is 1. The zero-order valence-corrected chi connectivity index (χ0v) is 9.75. The van der Waals surface area contributed by atoms with Crippen LogP contribution in [0.5, 0.6) is 0 Å². The van der Waals surface area contributed by atoms with Crippen LogP contribution in [0.1, 0.15) is 24.2 Å². The Balaban J connectivity index is 3.07. The molecule has 0 aromatic heterocycles. The summed E-state index contributed by atoms with van der Waals surface area (Å²) in [4.78, 5) is 0. The van der Waals surface area contributed by atoms with Gasteiger partial charge < -0.3 is 4.74 Å². The third-order valence-electron chi connectivity index (χ3n) is 2.01. The van der Waals surface area contributed by atoms with Crippen LogP contribution in [-0.2, 0) is 4.74 Å². The van der Waals surface area contributed by atoms with Gasteiger partial charge in [-0.2, -0.15) is 0 Å². The largest absolute Gasteiger partial charge is 0.377 e. The van der Waals surface area contributed by atoms with Crippen LogP contribution < -0.4 is 0 Å². The molecule has 0 N–H and O–H groups in total. The molecule has 0 saturated carbocycles. The molecule has 66 valence electrons. The van der Waals surface area contributed by atoms with E-state index in [4.69, 9.17) is 4.74 Å². The minimum absolute atomic E-state index is 0.191. The summed E-state index contributed by atoms with van der Waals surface area (Å²) in [6, 6.07) is 6.30. The fraction of sp³-hybridized carbons (Fsp3) is 0.400. The van der Waals surface area contributed by atoms with Crippen molar-refractivity contribution in [2.45, 2.75) is 20.0 Å². The lowest BCUT2D eigenvalue weighted by Crippen LogP contribution is -1.99. The lowest BCUT2D eigenvalue weighted by molar-refractivity contribution is 0.119. The Morgan fingerprint density at radius 1 is 1.42 bits per heavy atom. The van der Waals surface area contributed by atoms with E-state index in [-0.39, 0.29) is 6.10 Å². The molecule has 0 bridgehead atoms. The van der Waals surface area contributed by atoms with Crippen molar-refractivity contribution < 1.29 is 4.74 Å². The summed E-state index contributed by atoms with van der Waals surface area (Å²) in [7, 11) is 1.74. The van der Waals surface area contributed by atoms with Gasteiger partial charge in [0.2, 0.25) is 0 Å². The quantitative estimate of drug-likeness (QED) is 0.753. The Morgan fingerprint density at radius 3 is 2.67 bits per heavy atom. The van der Waals surface area contributed by atoms with Crippen LogP contribution >= 0.6 is 22.6 Å². The average molecular weight is 276 g/mol. The first-order chi connectivity index (χ1) is 5.66. The van der Waals surface area contributed by atoms with Crippen molar-refractivity contribution in [1.82, 2.24) is 0 Å². The highest BCUT2D eigenvalue weighted by molar-refractivity contribution is 14.1. The molecule has 1 nitrogen and oxygen atoms in total. The average Bonchev–Trinajstić information content (AvgIpc) is 2.08. The molecular formula is C10H13IO. The Labute approximate surface area is 87.3 Å². The van der Waals surface area contributed by atoms with Crippen LogP contribution in [0.25, 0.3) is 0 Å². The summed E-state index contributed by atoms with van der Waals surface area (Å²) < 4.78 is 6.58. The second kappa shape index (κ2) is 4.23. The summed E-state index contributed by atoms with van der Waals surface area (Å²) in [5.74, 6) is 0. The Morgan fingerprint density at radius 2 is 2.08 bits per heavy atom. The third-order valence-corrected chi connectivity index (χ3v) is 3.49. The fourth-order valence-electron chi connectivity index (χ4n) is 1.11. The highest BCUT2D eigenvalue weighted by Crippen LogP contribution is 2.24. The molecule has 1 rings (SSSR count). The van der Waals surface area contributed by atoms with Crippen LogP contribution in [0.3, 0.4) is 0 Å². The van der Waals surface area contributed by atoms with Crippen LogP contribution in [0.2, 0.25) is 0 Å². The van der Waals surface area contributed by atoms with Gasteiger partial charge >= 0.3 is 0 Å². The monoisotopic (exact) mass is 276 g/mol. The summed E-state index contributed by atoms with van der Waals surface area (Å²) >= 11 is 2.36. The van der Waals surface area contributed by atoms with Crippen molar-refractivity contribution in [3.05, 3.63) is 32.9 Å². The van der Waals surface area contributed by atoms with Crippen molar-refractivity contribution in [3.63, 3.8) is 0 Å². The standard InChI is InChI=1S/C10H13IO/c1-7-5-4-6-9(10(7)11)8(2)12-3/h4-6,8H,1-3H3/t8-/m0/s1. The highest BCUT2D eigenvalue weighted by Gasteiger charge is 2.08. The van der Waals surface area contributed by atoms with Crippen molar-refractivity contribution in [2.24, 2.45) is 0 Å². The van der Waals surface area contributed by atoms with Crippen molar-refractivity contribution in [3.8, 4) is 0 Å². The first-order valence-electron chi connectivity index (χ1n) is 3.94. The predicted octanol–water partition coefficient (Wildman–Crippen LogP) is 3.31. The van der Waals surface area contributed by atoms with Crippen LogP contribution in [-0.4, -0.2) is 7.11 Å². The first-order valence-corrected chi connectivity index (χ1v) is 5.02. The van der Waals surface area contributed by atoms with Crippen molar-refractivity contribution in [2.75, 3.05) is 7.11 Å². The van der Waals surface area contributed by atoms with Crippen LogP contribution in [0.15, 0.2) is 18.2 Å². The predicted molar refractivity (Wildman–Crippen MR) is 59.3 cm³/mol. The summed E-state index contributed by atoms with van der Waals surface area (Å²) in [5.41, 5.74) is 2.59. The minimum Gasteiger partial charge on any atom is -0.377 e. The lowest BCUT2D eigenvalue weighted by atomic mass is 10.1. The first kappa shape index (κ1) is 9.99. The van der Waals surface area contributed by atoms with Gasteiger partial charge in [0, 0.05) is 10.7 Å². The van der Waals surface area contributed by atoms with E-state index < -0.39 is 0 Å². The topological polar surface area (TPSA) is 9.23 Å². The van der Waals surface area contributed by atoms with Gasteiger partial charge in [0.15, 0.2) is 0 Å². The number of ether oxygens (including phenoxy) is 1. The number of hydrogen-bond donors (Lipinski definition) is 0. The lowest BCUT2D eigenvalue weighted by Gasteiger charge is -2.12. The molecule has 0 unspecified atom stereocenters. The molecule has 1 atom stereocenters. The van der Waals surface area contributed by atoms with Gasteiger partial charge in [-0.1, -0.05) is 18.2 Å². The normalized spacial score (nSPS) is 13.0. The molecule has 0 spiro atoms. The van der Waals surface area contributed by atoms with Gasteiger partial charge in [-0.05, 0) is 47.6 Å². The maximum atomic E-state index is 5.27. The Kier molecular flexibility index (Phi) is 3.53. The summed E-state index contributed by atoms with van der Waals surface area (Å²) in [6.07, 6.45) is 0.191. The van der Waals surface area contributed by atoms with E-state index in [9.17, 15) is 0 Å². The molecule has 0 amide bonds. The number of rotatable bonds is 2. The van der Waals surface area contributed by atoms with Gasteiger partial charge in [-0.15, -0.1) is 0 Å². The smallest absolute Gasteiger partial charge is 0.0803 e.